The first kappa shape index (κ1) is 24.4. The van der Waals surface area contributed by atoms with Crippen LogP contribution in [0.15, 0.2) is 42.5 Å². The first-order valence-corrected chi connectivity index (χ1v) is 13.9. The molecule has 0 unspecified atom stereocenters. The van der Waals surface area contributed by atoms with Gasteiger partial charge in [0, 0.05) is 73.6 Å². The number of anilines is 1. The average Bonchev–Trinajstić information content (AvgIpc) is 3.41. The highest BCUT2D eigenvalue weighted by Crippen LogP contribution is 2.34. The van der Waals surface area contributed by atoms with Gasteiger partial charge in [-0.2, -0.15) is 5.10 Å². The van der Waals surface area contributed by atoms with Crippen molar-refractivity contribution in [1.29, 1.82) is 0 Å². The number of nitrogens with one attached hydrogen (secondary N) is 3. The van der Waals surface area contributed by atoms with Gasteiger partial charge in [0.1, 0.15) is 0 Å². The maximum absolute atomic E-state index is 13.3. The van der Waals surface area contributed by atoms with E-state index >= 15 is 0 Å². The number of H-pyrrole nitrogens is 1. The number of amides is 1. The maximum atomic E-state index is 13.3. The largest absolute Gasteiger partial charge is 0.379 e. The van der Waals surface area contributed by atoms with Crippen LogP contribution in [0.25, 0.3) is 22.2 Å². The highest BCUT2D eigenvalue weighted by Gasteiger charge is 2.38. The van der Waals surface area contributed by atoms with E-state index in [4.69, 9.17) is 4.74 Å². The number of fused-ring (bicyclic) bond motifs is 1. The molecule has 0 atom stereocenters. The van der Waals surface area contributed by atoms with Gasteiger partial charge in [0.2, 0.25) is 0 Å². The van der Waals surface area contributed by atoms with Crippen LogP contribution >= 0.6 is 0 Å². The number of aromatic amines is 1. The normalized spacial score (nSPS) is 20.7. The van der Waals surface area contributed by atoms with E-state index in [-0.39, 0.29) is 11.4 Å². The number of hydrogen-bond donors (Lipinski definition) is 3. The Morgan fingerprint density at radius 2 is 1.73 bits per heavy atom. The van der Waals surface area contributed by atoms with Crippen LogP contribution in [0.2, 0.25) is 0 Å². The van der Waals surface area contributed by atoms with Crippen molar-refractivity contribution < 1.29 is 9.53 Å². The molecule has 3 aliphatic rings. The molecule has 8 nitrogen and oxygen atoms in total. The Bertz CT molecular complexity index is 1200. The number of piperazine rings is 1. The van der Waals surface area contributed by atoms with Crippen LogP contribution in [0.1, 0.15) is 42.5 Å². The molecule has 3 N–H and O–H groups in total. The summed E-state index contributed by atoms with van der Waals surface area (Å²) >= 11 is 0. The van der Waals surface area contributed by atoms with Crippen LogP contribution in [-0.2, 0) is 4.74 Å². The third kappa shape index (κ3) is 5.10. The number of benzene rings is 2. The molecule has 37 heavy (non-hydrogen) atoms. The van der Waals surface area contributed by atoms with Crippen molar-refractivity contribution in [3.05, 3.63) is 48.0 Å². The molecule has 3 heterocycles. The van der Waals surface area contributed by atoms with Gasteiger partial charge in [-0.05, 0) is 43.2 Å². The summed E-state index contributed by atoms with van der Waals surface area (Å²) in [5.74, 6) is -0.0127. The number of carbonyl (C=O) groups excluding carboxylic acids is 1. The SMILES string of the molecule is O=C(NCC1(N2CCOCC2)CCCCC1)c1ccc2[nH]nc(-c3ccc(N4CCNCC4)cc3)c2c1. The summed E-state index contributed by atoms with van der Waals surface area (Å²) < 4.78 is 5.61. The van der Waals surface area contributed by atoms with Gasteiger partial charge < -0.3 is 20.3 Å². The highest BCUT2D eigenvalue weighted by molar-refractivity contribution is 6.01. The number of carbonyl (C=O) groups is 1. The van der Waals surface area contributed by atoms with Crippen LogP contribution in [0.4, 0.5) is 5.69 Å². The fraction of sp³-hybridized carbons (Fsp3) is 0.517. The van der Waals surface area contributed by atoms with Crippen molar-refractivity contribution in [2.24, 2.45) is 0 Å². The Hall–Kier alpha value is -2.94. The van der Waals surface area contributed by atoms with E-state index in [9.17, 15) is 4.79 Å². The number of rotatable bonds is 6. The lowest BCUT2D eigenvalue weighted by molar-refractivity contribution is -0.0361. The summed E-state index contributed by atoms with van der Waals surface area (Å²) in [6.45, 7) is 8.24. The summed E-state index contributed by atoms with van der Waals surface area (Å²) in [7, 11) is 0. The van der Waals surface area contributed by atoms with Crippen molar-refractivity contribution in [2.45, 2.75) is 37.6 Å². The second-order valence-corrected chi connectivity index (χ2v) is 10.7. The summed E-state index contributed by atoms with van der Waals surface area (Å²) in [6.07, 6.45) is 6.02. The van der Waals surface area contributed by atoms with Gasteiger partial charge in [0.15, 0.2) is 0 Å². The second-order valence-electron chi connectivity index (χ2n) is 10.7. The predicted molar refractivity (Wildman–Crippen MR) is 147 cm³/mol. The van der Waals surface area contributed by atoms with Crippen LogP contribution < -0.4 is 15.5 Å². The second kappa shape index (κ2) is 10.8. The third-order valence-electron chi connectivity index (χ3n) is 8.49. The van der Waals surface area contributed by atoms with E-state index in [1.807, 2.05) is 18.2 Å². The monoisotopic (exact) mass is 502 g/mol. The molecule has 6 rings (SSSR count). The molecule has 0 spiro atoms. The van der Waals surface area contributed by atoms with Gasteiger partial charge in [-0.15, -0.1) is 0 Å². The molecule has 1 amide bonds. The lowest BCUT2D eigenvalue weighted by Crippen LogP contribution is -2.59. The quantitative estimate of drug-likeness (QED) is 0.479. The Balaban J connectivity index is 1.19. The first-order valence-electron chi connectivity index (χ1n) is 13.9. The van der Waals surface area contributed by atoms with Crippen molar-refractivity contribution in [2.75, 3.05) is 63.9 Å². The zero-order valence-corrected chi connectivity index (χ0v) is 21.6. The Labute approximate surface area is 218 Å². The van der Waals surface area contributed by atoms with Gasteiger partial charge in [0.05, 0.1) is 24.4 Å². The van der Waals surface area contributed by atoms with Crippen molar-refractivity contribution in [3.63, 3.8) is 0 Å². The van der Waals surface area contributed by atoms with Crippen LogP contribution in [-0.4, -0.2) is 85.6 Å². The van der Waals surface area contributed by atoms with Crippen LogP contribution in [0.5, 0.6) is 0 Å². The minimum absolute atomic E-state index is 0.0127. The molecule has 1 aromatic heterocycles. The van der Waals surface area contributed by atoms with E-state index in [1.165, 1.54) is 24.9 Å². The van der Waals surface area contributed by atoms with Gasteiger partial charge in [-0.1, -0.05) is 31.4 Å². The van der Waals surface area contributed by atoms with Crippen molar-refractivity contribution in [1.82, 2.24) is 25.7 Å². The topological polar surface area (TPSA) is 85.5 Å². The molecular weight excluding hydrogens is 464 g/mol. The van der Waals surface area contributed by atoms with Gasteiger partial charge in [-0.3, -0.25) is 14.8 Å². The Kier molecular flexibility index (Phi) is 7.13. The fourth-order valence-electron chi connectivity index (χ4n) is 6.33. The van der Waals surface area contributed by atoms with Gasteiger partial charge in [-0.25, -0.2) is 0 Å². The van der Waals surface area contributed by atoms with Crippen LogP contribution in [0, 0.1) is 0 Å². The zero-order chi connectivity index (χ0) is 25.1. The van der Waals surface area contributed by atoms with E-state index in [1.54, 1.807) is 0 Å². The lowest BCUT2D eigenvalue weighted by atomic mass is 9.79. The van der Waals surface area contributed by atoms with E-state index in [0.29, 0.717) is 12.1 Å². The molecule has 1 saturated carbocycles. The number of hydrogen-bond acceptors (Lipinski definition) is 6. The predicted octanol–water partition coefficient (Wildman–Crippen LogP) is 3.40. The number of ether oxygens (including phenoxy) is 1. The summed E-state index contributed by atoms with van der Waals surface area (Å²) in [4.78, 5) is 18.3. The number of morpholine rings is 1. The fourth-order valence-corrected chi connectivity index (χ4v) is 6.33. The van der Waals surface area contributed by atoms with Crippen molar-refractivity contribution >= 4 is 22.5 Å². The molecule has 3 aromatic rings. The zero-order valence-electron chi connectivity index (χ0n) is 21.6. The van der Waals surface area contributed by atoms with E-state index in [2.05, 4.69) is 54.9 Å². The standard InChI is InChI=1S/C29H38N6O2/c36-28(31-21-29(10-2-1-3-11-29)35-16-18-37-19-17-35)23-6-9-26-25(20-23)27(33-32-26)22-4-7-24(8-5-22)34-14-12-30-13-15-34/h4-9,20,30H,1-3,10-19,21H2,(H,31,36)(H,32,33). The minimum atomic E-state index is -0.0127. The molecular formula is C29H38N6O2. The number of aromatic nitrogens is 2. The van der Waals surface area contributed by atoms with Crippen molar-refractivity contribution in [3.8, 4) is 11.3 Å². The lowest BCUT2D eigenvalue weighted by Gasteiger charge is -2.48. The molecule has 196 valence electrons. The smallest absolute Gasteiger partial charge is 0.251 e. The Morgan fingerprint density at radius 3 is 2.49 bits per heavy atom. The highest BCUT2D eigenvalue weighted by atomic mass is 16.5. The summed E-state index contributed by atoms with van der Waals surface area (Å²) in [5.41, 5.74) is 4.84. The summed E-state index contributed by atoms with van der Waals surface area (Å²) in [5, 5.41) is 15.4. The van der Waals surface area contributed by atoms with Gasteiger partial charge >= 0.3 is 0 Å². The molecule has 0 bridgehead atoms. The van der Waals surface area contributed by atoms with Gasteiger partial charge in [0.25, 0.3) is 5.91 Å². The maximum Gasteiger partial charge on any atom is 0.251 e. The average molecular weight is 503 g/mol. The molecule has 8 heteroatoms. The number of nitrogens with zero attached hydrogens (tertiary/aromatic N) is 3. The third-order valence-corrected chi connectivity index (χ3v) is 8.49. The summed E-state index contributed by atoms with van der Waals surface area (Å²) in [6, 6.07) is 14.5. The molecule has 2 saturated heterocycles. The molecule has 1 aliphatic carbocycles. The molecule has 2 aromatic carbocycles. The molecule has 2 aliphatic heterocycles. The minimum Gasteiger partial charge on any atom is -0.379 e. The molecule has 0 radical (unpaired) electrons. The van der Waals surface area contributed by atoms with E-state index in [0.717, 1.165) is 87.5 Å². The van der Waals surface area contributed by atoms with Crippen LogP contribution in [0.3, 0.4) is 0 Å². The van der Waals surface area contributed by atoms with E-state index < -0.39 is 0 Å². The Morgan fingerprint density at radius 1 is 0.973 bits per heavy atom. The molecule has 3 fully saturated rings. The first-order chi connectivity index (χ1) is 18.2.